The van der Waals surface area contributed by atoms with E-state index < -0.39 is 0 Å². The summed E-state index contributed by atoms with van der Waals surface area (Å²) in [6, 6.07) is 6.44. The van der Waals surface area contributed by atoms with Crippen LogP contribution >= 0.6 is 15.9 Å². The first-order chi connectivity index (χ1) is 7.13. The zero-order chi connectivity index (χ0) is 11.0. The number of aromatic nitrogens is 2. The van der Waals surface area contributed by atoms with Crippen molar-refractivity contribution in [2.45, 2.75) is 26.5 Å². The Kier molecular flexibility index (Phi) is 2.80. The summed E-state index contributed by atoms with van der Waals surface area (Å²) in [4.78, 5) is 0. The average Bonchev–Trinajstić information content (AvgIpc) is 2.55. The summed E-state index contributed by atoms with van der Waals surface area (Å²) in [5, 5.41) is 13.5. The normalized spacial score (nSPS) is 11.5. The highest BCUT2D eigenvalue weighted by atomic mass is 79.9. The van der Waals surface area contributed by atoms with Gasteiger partial charge < -0.3 is 5.11 Å². The van der Waals surface area contributed by atoms with Gasteiger partial charge in [-0.1, -0.05) is 15.9 Å². The van der Waals surface area contributed by atoms with Gasteiger partial charge in [0.15, 0.2) is 6.04 Å². The van der Waals surface area contributed by atoms with E-state index in [0.717, 1.165) is 21.1 Å². The highest BCUT2D eigenvalue weighted by Crippen LogP contribution is 2.21. The predicted octanol–water partition coefficient (Wildman–Crippen LogP) is 2.29. The highest BCUT2D eigenvalue weighted by Gasteiger charge is 2.19. The molecule has 4 heteroatoms. The van der Waals surface area contributed by atoms with Crippen molar-refractivity contribution in [3.63, 3.8) is 0 Å². The molecule has 0 fully saturated rings. The third-order valence-corrected chi connectivity index (χ3v) is 2.97. The number of aliphatic hydroxyl groups excluding tert-OH is 1. The molecule has 0 spiro atoms. The van der Waals surface area contributed by atoms with E-state index in [1.807, 2.05) is 12.1 Å². The smallest absolute Gasteiger partial charge is 0.239 e. The molecule has 1 aromatic carbocycles. The third-order valence-electron chi connectivity index (χ3n) is 2.47. The van der Waals surface area contributed by atoms with Crippen LogP contribution < -0.4 is 4.68 Å². The first kappa shape index (κ1) is 10.6. The van der Waals surface area contributed by atoms with Crippen molar-refractivity contribution < 1.29 is 9.79 Å². The van der Waals surface area contributed by atoms with Crippen molar-refractivity contribution >= 4 is 26.8 Å². The topological polar surface area (TPSA) is 39.9 Å². The second kappa shape index (κ2) is 3.94. The number of hydrogen-bond donors (Lipinski definition) is 2. The maximum atomic E-state index is 9.26. The summed E-state index contributed by atoms with van der Waals surface area (Å²) < 4.78 is 3.09. The number of halogens is 1. The van der Waals surface area contributed by atoms with Gasteiger partial charge in [-0.05, 0) is 26.0 Å². The molecule has 1 heterocycles. The lowest BCUT2D eigenvalue weighted by atomic mass is 10.2. The van der Waals surface area contributed by atoms with E-state index in [0.29, 0.717) is 6.04 Å². The molecule has 1 aromatic heterocycles. The molecule has 0 saturated heterocycles. The molecule has 0 bridgehead atoms. The maximum absolute atomic E-state index is 9.26. The number of benzene rings is 1. The van der Waals surface area contributed by atoms with Crippen LogP contribution in [0.25, 0.3) is 10.9 Å². The molecule has 0 aliphatic heterocycles. The number of nitrogens with one attached hydrogen (secondary N) is 1. The average molecular weight is 270 g/mol. The summed E-state index contributed by atoms with van der Waals surface area (Å²) in [6.45, 7) is 4.25. The molecule has 0 atom stereocenters. The van der Waals surface area contributed by atoms with Crippen LogP contribution in [-0.2, 0) is 6.61 Å². The fourth-order valence-corrected chi connectivity index (χ4v) is 2.11. The largest absolute Gasteiger partial charge is 0.390 e. The van der Waals surface area contributed by atoms with Gasteiger partial charge >= 0.3 is 0 Å². The van der Waals surface area contributed by atoms with Crippen LogP contribution in [0.3, 0.4) is 0 Å². The Labute approximate surface area is 96.8 Å². The summed E-state index contributed by atoms with van der Waals surface area (Å²) in [6.07, 6.45) is 0. The van der Waals surface area contributed by atoms with Crippen molar-refractivity contribution in [3.05, 3.63) is 28.4 Å². The Bertz CT molecular complexity index is 491. The SMILES string of the molecule is CC(C)[n+]1[nH]c(CO)c2cc(Br)ccc21. The van der Waals surface area contributed by atoms with E-state index in [2.05, 4.69) is 45.6 Å². The zero-order valence-electron chi connectivity index (χ0n) is 8.79. The number of fused-ring (bicyclic) bond motifs is 1. The summed E-state index contributed by atoms with van der Waals surface area (Å²) in [5.41, 5.74) is 1.98. The van der Waals surface area contributed by atoms with E-state index >= 15 is 0 Å². The van der Waals surface area contributed by atoms with E-state index in [9.17, 15) is 5.11 Å². The molecule has 2 rings (SSSR count). The number of rotatable bonds is 2. The van der Waals surface area contributed by atoms with Crippen LogP contribution in [0.15, 0.2) is 22.7 Å². The second-order valence-corrected chi connectivity index (χ2v) is 4.79. The van der Waals surface area contributed by atoms with E-state index in [1.165, 1.54) is 0 Å². The first-order valence-electron chi connectivity index (χ1n) is 4.96. The lowest BCUT2D eigenvalue weighted by Crippen LogP contribution is -2.38. The van der Waals surface area contributed by atoms with Crippen molar-refractivity contribution in [2.24, 2.45) is 0 Å². The Hall–Kier alpha value is -0.870. The van der Waals surface area contributed by atoms with Crippen LogP contribution in [-0.4, -0.2) is 10.2 Å². The minimum atomic E-state index is 0.0344. The Morgan fingerprint density at radius 1 is 1.47 bits per heavy atom. The molecular weight excluding hydrogens is 256 g/mol. The Morgan fingerprint density at radius 2 is 2.20 bits per heavy atom. The molecule has 0 unspecified atom stereocenters. The van der Waals surface area contributed by atoms with Crippen molar-refractivity contribution in [1.29, 1.82) is 0 Å². The van der Waals surface area contributed by atoms with Crippen LogP contribution in [0.1, 0.15) is 25.6 Å². The highest BCUT2D eigenvalue weighted by molar-refractivity contribution is 9.10. The molecular formula is C11H14BrN2O+. The van der Waals surface area contributed by atoms with Crippen LogP contribution in [0.5, 0.6) is 0 Å². The van der Waals surface area contributed by atoms with Gasteiger partial charge in [0.1, 0.15) is 5.69 Å². The lowest BCUT2D eigenvalue weighted by molar-refractivity contribution is -0.745. The summed E-state index contributed by atoms with van der Waals surface area (Å²) in [7, 11) is 0. The Balaban J connectivity index is 2.75. The molecule has 2 aromatic rings. The predicted molar refractivity (Wildman–Crippen MR) is 62.5 cm³/mol. The van der Waals surface area contributed by atoms with Gasteiger partial charge in [-0.2, -0.15) is 5.10 Å². The first-order valence-corrected chi connectivity index (χ1v) is 5.75. The van der Waals surface area contributed by atoms with Gasteiger partial charge in [0, 0.05) is 10.5 Å². The van der Waals surface area contributed by atoms with Crippen LogP contribution in [0.4, 0.5) is 0 Å². The van der Waals surface area contributed by atoms with Gasteiger partial charge in [0.05, 0.1) is 12.0 Å². The molecule has 80 valence electrons. The minimum Gasteiger partial charge on any atom is -0.390 e. The lowest BCUT2D eigenvalue weighted by Gasteiger charge is -1.95. The van der Waals surface area contributed by atoms with E-state index in [-0.39, 0.29) is 6.61 Å². The van der Waals surface area contributed by atoms with Gasteiger partial charge in [-0.25, -0.2) is 0 Å². The fourth-order valence-electron chi connectivity index (χ4n) is 1.75. The molecule has 3 nitrogen and oxygen atoms in total. The molecule has 15 heavy (non-hydrogen) atoms. The molecule has 0 aliphatic carbocycles. The van der Waals surface area contributed by atoms with Gasteiger partial charge in [0.2, 0.25) is 5.52 Å². The molecule has 0 amide bonds. The van der Waals surface area contributed by atoms with Crippen molar-refractivity contribution in [1.82, 2.24) is 5.10 Å². The van der Waals surface area contributed by atoms with Crippen molar-refractivity contribution in [3.8, 4) is 0 Å². The molecule has 0 radical (unpaired) electrons. The monoisotopic (exact) mass is 269 g/mol. The van der Waals surface area contributed by atoms with Gasteiger partial charge in [0.25, 0.3) is 0 Å². The van der Waals surface area contributed by atoms with Crippen LogP contribution in [0, 0.1) is 0 Å². The standard InChI is InChI=1S/C11H13BrN2O/c1-7(2)14-11-4-3-8(12)5-9(11)10(6-15)13-14/h3-5,7,15H,6H2,1-2H3/p+1. The van der Waals surface area contributed by atoms with Gasteiger partial charge in [-0.3, -0.25) is 0 Å². The third kappa shape index (κ3) is 1.79. The van der Waals surface area contributed by atoms with E-state index in [1.54, 1.807) is 0 Å². The number of nitrogens with zero attached hydrogens (tertiary/aromatic N) is 1. The quantitative estimate of drug-likeness (QED) is 0.807. The van der Waals surface area contributed by atoms with E-state index in [4.69, 9.17) is 0 Å². The zero-order valence-corrected chi connectivity index (χ0v) is 10.4. The summed E-state index contributed by atoms with van der Waals surface area (Å²) >= 11 is 3.44. The maximum Gasteiger partial charge on any atom is 0.239 e. The van der Waals surface area contributed by atoms with Crippen LogP contribution in [0.2, 0.25) is 0 Å². The summed E-state index contributed by atoms with van der Waals surface area (Å²) in [5.74, 6) is 0. The number of aliphatic hydroxyl groups is 1. The van der Waals surface area contributed by atoms with Crippen molar-refractivity contribution in [2.75, 3.05) is 0 Å². The Morgan fingerprint density at radius 3 is 2.80 bits per heavy atom. The molecule has 2 N–H and O–H groups in total. The second-order valence-electron chi connectivity index (χ2n) is 3.87. The number of H-pyrrole nitrogens is 1. The minimum absolute atomic E-state index is 0.0344. The molecule has 0 saturated carbocycles. The number of hydrogen-bond acceptors (Lipinski definition) is 1. The molecule has 0 aliphatic rings. The fraction of sp³-hybridized carbons (Fsp3) is 0.364. The van der Waals surface area contributed by atoms with Gasteiger partial charge in [-0.15, -0.1) is 4.68 Å². The number of aromatic amines is 1.